The number of fused-ring (bicyclic) bond motifs is 3. The highest BCUT2D eigenvalue weighted by molar-refractivity contribution is 5.96. The number of imidazole rings is 1. The molecule has 3 N–H and O–H groups in total. The van der Waals surface area contributed by atoms with Crippen LogP contribution in [0.5, 0.6) is 0 Å². The largest absolute Gasteiger partial charge is 0.385 e. The summed E-state index contributed by atoms with van der Waals surface area (Å²) in [4.78, 5) is 8.17. The molecular weight excluding hydrogens is 370 g/mol. The van der Waals surface area contributed by atoms with Crippen LogP contribution < -0.4 is 5.32 Å². The van der Waals surface area contributed by atoms with Crippen molar-refractivity contribution >= 4 is 27.6 Å². The van der Waals surface area contributed by atoms with Gasteiger partial charge in [0.15, 0.2) is 5.82 Å². The Kier molecular flexibility index (Phi) is 3.88. The van der Waals surface area contributed by atoms with Crippen molar-refractivity contribution in [3.05, 3.63) is 65.7 Å². The predicted octanol–water partition coefficient (Wildman–Crippen LogP) is 5.69. The van der Waals surface area contributed by atoms with Gasteiger partial charge in [0.2, 0.25) is 0 Å². The summed E-state index contributed by atoms with van der Waals surface area (Å²) in [6.45, 7) is 3.27. The Balaban J connectivity index is 1.53. The number of hydrogen-bond acceptors (Lipinski definition) is 3. The van der Waals surface area contributed by atoms with E-state index >= 15 is 0 Å². The van der Waals surface area contributed by atoms with E-state index in [4.69, 9.17) is 4.98 Å². The summed E-state index contributed by atoms with van der Waals surface area (Å²) < 4.78 is 0. The Morgan fingerprint density at radius 3 is 2.83 bits per heavy atom. The molecular formula is C25H23N5. The molecule has 5 heteroatoms. The molecule has 1 aliphatic heterocycles. The lowest BCUT2D eigenvalue weighted by Crippen LogP contribution is -2.13. The lowest BCUT2D eigenvalue weighted by Gasteiger charge is -2.22. The van der Waals surface area contributed by atoms with Crippen molar-refractivity contribution in [3.63, 3.8) is 0 Å². The minimum atomic E-state index is 0.797. The van der Waals surface area contributed by atoms with E-state index in [1.54, 1.807) is 0 Å². The number of aromatic nitrogens is 4. The van der Waals surface area contributed by atoms with Crippen LogP contribution in [0.3, 0.4) is 0 Å². The van der Waals surface area contributed by atoms with Crippen LogP contribution in [0.15, 0.2) is 54.6 Å². The average molecular weight is 393 g/mol. The molecule has 0 saturated heterocycles. The number of rotatable bonds is 3. The van der Waals surface area contributed by atoms with Gasteiger partial charge in [0, 0.05) is 17.6 Å². The van der Waals surface area contributed by atoms with Crippen LogP contribution in [0, 0.1) is 0 Å². The van der Waals surface area contributed by atoms with E-state index < -0.39 is 0 Å². The van der Waals surface area contributed by atoms with Gasteiger partial charge in [-0.05, 0) is 71.8 Å². The van der Waals surface area contributed by atoms with E-state index in [0.717, 1.165) is 52.8 Å². The predicted molar refractivity (Wildman–Crippen MR) is 123 cm³/mol. The molecule has 0 aliphatic carbocycles. The zero-order valence-corrected chi connectivity index (χ0v) is 16.9. The number of hydrogen-bond donors (Lipinski definition) is 3. The van der Waals surface area contributed by atoms with Crippen LogP contribution in [-0.2, 0) is 12.8 Å². The first-order valence-corrected chi connectivity index (χ1v) is 10.6. The summed E-state index contributed by atoms with van der Waals surface area (Å²) in [5.41, 5.74) is 10.5. The molecule has 2 aromatic heterocycles. The van der Waals surface area contributed by atoms with E-state index in [-0.39, 0.29) is 0 Å². The second-order valence-corrected chi connectivity index (χ2v) is 7.99. The zero-order chi connectivity index (χ0) is 20.1. The fraction of sp³-hybridized carbons (Fsp3) is 0.200. The van der Waals surface area contributed by atoms with E-state index in [1.807, 2.05) is 24.3 Å². The van der Waals surface area contributed by atoms with Gasteiger partial charge in [-0.25, -0.2) is 4.98 Å². The number of aryl methyl sites for hydroxylation is 1. The van der Waals surface area contributed by atoms with E-state index in [0.29, 0.717) is 0 Å². The number of nitrogens with one attached hydrogen (secondary N) is 3. The second-order valence-electron chi connectivity index (χ2n) is 7.99. The third-order valence-corrected chi connectivity index (χ3v) is 6.12. The molecule has 5 aromatic rings. The molecule has 3 heterocycles. The number of H-pyrrole nitrogens is 2. The average Bonchev–Trinajstić information content (AvgIpc) is 3.41. The van der Waals surface area contributed by atoms with Gasteiger partial charge in [-0.3, -0.25) is 5.10 Å². The summed E-state index contributed by atoms with van der Waals surface area (Å²) >= 11 is 0. The third kappa shape index (κ3) is 2.70. The molecule has 0 amide bonds. The maximum atomic E-state index is 4.76. The lowest BCUT2D eigenvalue weighted by molar-refractivity contribution is 0.830. The zero-order valence-electron chi connectivity index (χ0n) is 16.9. The maximum absolute atomic E-state index is 4.76. The van der Waals surface area contributed by atoms with E-state index in [2.05, 4.69) is 57.8 Å². The van der Waals surface area contributed by atoms with Crippen LogP contribution in [0.4, 0.5) is 5.69 Å². The van der Waals surface area contributed by atoms with E-state index in [1.165, 1.54) is 34.4 Å². The van der Waals surface area contributed by atoms with Crippen molar-refractivity contribution in [1.82, 2.24) is 20.2 Å². The third-order valence-electron chi connectivity index (χ3n) is 6.12. The molecule has 0 bridgehead atoms. The van der Waals surface area contributed by atoms with Gasteiger partial charge in [0.1, 0.15) is 5.69 Å². The van der Waals surface area contributed by atoms with Gasteiger partial charge in [-0.2, -0.15) is 5.10 Å². The van der Waals surface area contributed by atoms with Crippen molar-refractivity contribution < 1.29 is 0 Å². The molecule has 6 rings (SSSR count). The van der Waals surface area contributed by atoms with Gasteiger partial charge in [-0.15, -0.1) is 0 Å². The summed E-state index contributed by atoms with van der Waals surface area (Å²) in [5.74, 6) is 0.797. The standard InChI is InChI=1S/C25H23N5/c1-2-15-12-18(17-6-5-11-26-23(17)13-15)16-9-10-20-19(14-16)24(30-29-20)25-27-21-7-3-4-8-22(21)28-25/h3-4,7-10,12-14,26H,2,5-6,11H2,1H3,(H,27,28)(H,29,30). The van der Waals surface area contributed by atoms with Gasteiger partial charge >= 0.3 is 0 Å². The Morgan fingerprint density at radius 1 is 1.00 bits per heavy atom. The molecule has 30 heavy (non-hydrogen) atoms. The van der Waals surface area contributed by atoms with Gasteiger partial charge in [-0.1, -0.05) is 31.2 Å². The highest BCUT2D eigenvalue weighted by Gasteiger charge is 2.18. The molecule has 0 radical (unpaired) electrons. The van der Waals surface area contributed by atoms with Crippen molar-refractivity contribution in [1.29, 1.82) is 0 Å². The summed E-state index contributed by atoms with van der Waals surface area (Å²) in [6, 6.07) is 19.3. The smallest absolute Gasteiger partial charge is 0.159 e. The highest BCUT2D eigenvalue weighted by Crippen LogP contribution is 2.37. The molecule has 0 fully saturated rings. The van der Waals surface area contributed by atoms with Crippen molar-refractivity contribution in [2.24, 2.45) is 0 Å². The van der Waals surface area contributed by atoms with Crippen LogP contribution in [-0.4, -0.2) is 26.7 Å². The quantitative estimate of drug-likeness (QED) is 0.369. The first-order chi connectivity index (χ1) is 14.8. The number of anilines is 1. The van der Waals surface area contributed by atoms with Crippen LogP contribution in [0.2, 0.25) is 0 Å². The van der Waals surface area contributed by atoms with Gasteiger partial charge < -0.3 is 10.3 Å². The molecule has 5 nitrogen and oxygen atoms in total. The fourth-order valence-corrected chi connectivity index (χ4v) is 4.54. The number of aromatic amines is 2. The summed E-state index contributed by atoms with van der Waals surface area (Å²) in [5, 5.41) is 12.4. The highest BCUT2D eigenvalue weighted by atomic mass is 15.1. The minimum Gasteiger partial charge on any atom is -0.385 e. The van der Waals surface area contributed by atoms with Crippen LogP contribution >= 0.6 is 0 Å². The first-order valence-electron chi connectivity index (χ1n) is 10.6. The minimum absolute atomic E-state index is 0.797. The second kappa shape index (κ2) is 6.73. The van der Waals surface area contributed by atoms with Crippen LogP contribution in [0.25, 0.3) is 44.6 Å². The molecule has 1 aliphatic rings. The summed E-state index contributed by atoms with van der Waals surface area (Å²) in [7, 11) is 0. The molecule has 0 saturated carbocycles. The Bertz CT molecular complexity index is 1360. The summed E-state index contributed by atoms with van der Waals surface area (Å²) in [6.07, 6.45) is 3.31. The van der Waals surface area contributed by atoms with Crippen molar-refractivity contribution in [3.8, 4) is 22.6 Å². The monoisotopic (exact) mass is 393 g/mol. The van der Waals surface area contributed by atoms with Gasteiger partial charge in [0.25, 0.3) is 0 Å². The van der Waals surface area contributed by atoms with E-state index in [9.17, 15) is 0 Å². The topological polar surface area (TPSA) is 69.4 Å². The van der Waals surface area contributed by atoms with Gasteiger partial charge in [0.05, 0.1) is 16.6 Å². The van der Waals surface area contributed by atoms with Crippen molar-refractivity contribution in [2.45, 2.75) is 26.2 Å². The number of para-hydroxylation sites is 2. The SMILES string of the molecule is CCc1cc2c(c(-c3ccc4[nH]nc(-c5nc6ccccc6[nH]5)c4c3)c1)CCCN2. The molecule has 3 aromatic carbocycles. The Labute approximate surface area is 174 Å². The normalized spacial score (nSPS) is 13.5. The number of benzene rings is 3. The molecule has 0 unspecified atom stereocenters. The molecule has 0 atom stereocenters. The Hall–Kier alpha value is -3.60. The van der Waals surface area contributed by atoms with Crippen molar-refractivity contribution in [2.75, 3.05) is 11.9 Å². The van der Waals surface area contributed by atoms with Crippen LogP contribution in [0.1, 0.15) is 24.5 Å². The fourth-order valence-electron chi connectivity index (χ4n) is 4.54. The lowest BCUT2D eigenvalue weighted by atomic mass is 9.90. The Morgan fingerprint density at radius 2 is 1.93 bits per heavy atom. The first kappa shape index (κ1) is 17.3. The molecule has 148 valence electrons. The number of nitrogens with zero attached hydrogens (tertiary/aromatic N) is 2. The molecule has 0 spiro atoms. The maximum Gasteiger partial charge on any atom is 0.159 e.